The van der Waals surface area contributed by atoms with Gasteiger partial charge in [0.25, 0.3) is 0 Å². The molecule has 0 radical (unpaired) electrons. The Morgan fingerprint density at radius 1 is 0.786 bits per heavy atom. The number of esters is 1. The first-order chi connectivity index (χ1) is 13.7. The van der Waals surface area contributed by atoms with Crippen molar-refractivity contribution in [3.05, 3.63) is 84.2 Å². The van der Waals surface area contributed by atoms with Crippen molar-refractivity contribution in [3.63, 3.8) is 0 Å². The first-order valence-electron chi connectivity index (χ1n) is 9.47. The minimum absolute atomic E-state index is 0.277. The van der Waals surface area contributed by atoms with E-state index in [-0.39, 0.29) is 5.82 Å². The van der Waals surface area contributed by atoms with E-state index in [2.05, 4.69) is 6.92 Å². The van der Waals surface area contributed by atoms with Crippen LogP contribution in [0.1, 0.15) is 36.5 Å². The molecule has 0 fully saturated rings. The Balaban J connectivity index is 1.57. The number of ether oxygens (including phenoxy) is 2. The van der Waals surface area contributed by atoms with Crippen LogP contribution in [0.25, 0.3) is 11.1 Å². The van der Waals surface area contributed by atoms with Gasteiger partial charge in [0.1, 0.15) is 17.3 Å². The van der Waals surface area contributed by atoms with Crippen molar-refractivity contribution in [2.24, 2.45) is 0 Å². The molecule has 3 aromatic rings. The lowest BCUT2D eigenvalue weighted by Gasteiger charge is -2.08. The lowest BCUT2D eigenvalue weighted by atomic mass is 10.0. The Morgan fingerprint density at radius 2 is 1.36 bits per heavy atom. The van der Waals surface area contributed by atoms with Crippen LogP contribution in [0.2, 0.25) is 0 Å². The van der Waals surface area contributed by atoms with Gasteiger partial charge in [0.05, 0.1) is 12.2 Å². The van der Waals surface area contributed by atoms with Gasteiger partial charge in [-0.15, -0.1) is 0 Å². The molecule has 0 aromatic heterocycles. The maximum absolute atomic E-state index is 13.0. The van der Waals surface area contributed by atoms with Crippen LogP contribution < -0.4 is 9.47 Å². The third kappa shape index (κ3) is 5.43. The van der Waals surface area contributed by atoms with Crippen molar-refractivity contribution in [1.29, 1.82) is 0 Å². The lowest BCUT2D eigenvalue weighted by Crippen LogP contribution is -2.08. The summed E-state index contributed by atoms with van der Waals surface area (Å²) in [6.45, 7) is 2.84. The minimum atomic E-state index is -0.428. The topological polar surface area (TPSA) is 35.5 Å². The van der Waals surface area contributed by atoms with Crippen molar-refractivity contribution in [3.8, 4) is 22.6 Å². The van der Waals surface area contributed by atoms with E-state index in [4.69, 9.17) is 9.47 Å². The molecule has 0 unspecified atom stereocenters. The monoisotopic (exact) mass is 378 g/mol. The summed E-state index contributed by atoms with van der Waals surface area (Å²) < 4.78 is 24.1. The summed E-state index contributed by atoms with van der Waals surface area (Å²) in [6.07, 6.45) is 3.33. The van der Waals surface area contributed by atoms with Crippen molar-refractivity contribution in [2.45, 2.75) is 26.2 Å². The van der Waals surface area contributed by atoms with E-state index in [1.54, 1.807) is 48.5 Å². The van der Waals surface area contributed by atoms with E-state index in [1.165, 1.54) is 12.1 Å². The highest BCUT2D eigenvalue weighted by Gasteiger charge is 2.09. The molecule has 144 valence electrons. The quantitative estimate of drug-likeness (QED) is 0.263. The van der Waals surface area contributed by atoms with Gasteiger partial charge in [0, 0.05) is 0 Å². The lowest BCUT2D eigenvalue weighted by molar-refractivity contribution is 0.0734. The number of unbranched alkanes of at least 4 members (excludes halogenated alkanes) is 2. The highest BCUT2D eigenvalue weighted by molar-refractivity contribution is 5.91. The smallest absolute Gasteiger partial charge is 0.343 e. The standard InChI is InChI=1S/C24H23FO3/c1-2-3-4-17-27-22-13-15-23(16-14-22)28-24(26)20-7-5-18(6-8-20)19-9-11-21(25)12-10-19/h5-16H,2-4,17H2,1H3. The van der Waals surface area contributed by atoms with Gasteiger partial charge in [-0.25, -0.2) is 9.18 Å². The molecule has 3 nitrogen and oxygen atoms in total. The molecule has 3 aromatic carbocycles. The number of hydrogen-bond acceptors (Lipinski definition) is 3. The third-order valence-electron chi connectivity index (χ3n) is 4.35. The first-order valence-corrected chi connectivity index (χ1v) is 9.47. The van der Waals surface area contributed by atoms with Gasteiger partial charge in [-0.2, -0.15) is 0 Å². The molecule has 0 aliphatic heterocycles. The first kappa shape index (κ1) is 19.6. The van der Waals surface area contributed by atoms with E-state index in [0.717, 1.165) is 36.1 Å². The van der Waals surface area contributed by atoms with Crippen LogP contribution in [0.15, 0.2) is 72.8 Å². The van der Waals surface area contributed by atoms with E-state index in [1.807, 2.05) is 12.1 Å². The van der Waals surface area contributed by atoms with Crippen LogP contribution in [0.3, 0.4) is 0 Å². The fourth-order valence-electron chi connectivity index (χ4n) is 2.75. The second kappa shape index (κ2) is 9.70. The summed E-state index contributed by atoms with van der Waals surface area (Å²) in [6, 6.07) is 20.3. The maximum atomic E-state index is 13.0. The highest BCUT2D eigenvalue weighted by atomic mass is 19.1. The summed E-state index contributed by atoms with van der Waals surface area (Å²) in [7, 11) is 0. The van der Waals surface area contributed by atoms with Gasteiger partial charge in [-0.05, 0) is 66.1 Å². The van der Waals surface area contributed by atoms with Gasteiger partial charge in [-0.1, -0.05) is 44.0 Å². The normalized spacial score (nSPS) is 10.5. The molecule has 3 rings (SSSR count). The van der Waals surface area contributed by atoms with E-state index in [0.29, 0.717) is 17.9 Å². The molecule has 0 heterocycles. The zero-order valence-electron chi connectivity index (χ0n) is 15.9. The van der Waals surface area contributed by atoms with Gasteiger partial charge in [0.2, 0.25) is 0 Å². The Hall–Kier alpha value is -3.14. The Kier molecular flexibility index (Phi) is 6.79. The van der Waals surface area contributed by atoms with Crippen molar-refractivity contribution >= 4 is 5.97 Å². The molecule has 0 saturated heterocycles. The van der Waals surface area contributed by atoms with Gasteiger partial charge in [0.15, 0.2) is 0 Å². The van der Waals surface area contributed by atoms with Gasteiger partial charge >= 0.3 is 5.97 Å². The number of halogens is 1. The fourth-order valence-corrected chi connectivity index (χ4v) is 2.75. The number of benzene rings is 3. The van der Waals surface area contributed by atoms with Crippen molar-refractivity contribution in [2.75, 3.05) is 6.61 Å². The van der Waals surface area contributed by atoms with Crippen LogP contribution in [0, 0.1) is 5.82 Å². The molecule has 0 amide bonds. The molecule has 0 saturated carbocycles. The van der Waals surface area contributed by atoms with Crippen LogP contribution in [0.5, 0.6) is 11.5 Å². The van der Waals surface area contributed by atoms with E-state index >= 15 is 0 Å². The molecule has 0 bridgehead atoms. The SMILES string of the molecule is CCCCCOc1ccc(OC(=O)c2ccc(-c3ccc(F)cc3)cc2)cc1. The number of carbonyl (C=O) groups excluding carboxylic acids is 1. The minimum Gasteiger partial charge on any atom is -0.494 e. The highest BCUT2D eigenvalue weighted by Crippen LogP contribution is 2.22. The summed E-state index contributed by atoms with van der Waals surface area (Å²) in [5.74, 6) is 0.525. The number of rotatable bonds is 8. The molecule has 0 N–H and O–H groups in total. The van der Waals surface area contributed by atoms with Crippen LogP contribution >= 0.6 is 0 Å². The molecule has 0 spiro atoms. The molecule has 28 heavy (non-hydrogen) atoms. The number of carbonyl (C=O) groups is 1. The molecular weight excluding hydrogens is 355 g/mol. The summed E-state index contributed by atoms with van der Waals surface area (Å²) in [5.41, 5.74) is 2.24. The summed E-state index contributed by atoms with van der Waals surface area (Å²) in [5, 5.41) is 0. The second-order valence-corrected chi connectivity index (χ2v) is 6.50. The number of hydrogen-bond donors (Lipinski definition) is 0. The predicted molar refractivity (Wildman–Crippen MR) is 108 cm³/mol. The average molecular weight is 378 g/mol. The van der Waals surface area contributed by atoms with Crippen molar-refractivity contribution in [1.82, 2.24) is 0 Å². The summed E-state index contributed by atoms with van der Waals surface area (Å²) >= 11 is 0. The maximum Gasteiger partial charge on any atom is 0.343 e. The molecule has 4 heteroatoms. The fraction of sp³-hybridized carbons (Fsp3) is 0.208. The second-order valence-electron chi connectivity index (χ2n) is 6.50. The van der Waals surface area contributed by atoms with Gasteiger partial charge in [-0.3, -0.25) is 0 Å². The van der Waals surface area contributed by atoms with Crippen LogP contribution in [0.4, 0.5) is 4.39 Å². The molecule has 0 aliphatic rings. The molecular formula is C24H23FO3. The van der Waals surface area contributed by atoms with Crippen LogP contribution in [-0.2, 0) is 0 Å². The Bertz CT molecular complexity index is 885. The average Bonchev–Trinajstić information content (AvgIpc) is 2.73. The largest absolute Gasteiger partial charge is 0.494 e. The zero-order chi connectivity index (χ0) is 19.8. The van der Waals surface area contributed by atoms with Crippen molar-refractivity contribution < 1.29 is 18.7 Å². The molecule has 0 atom stereocenters. The Labute approximate surface area is 164 Å². The van der Waals surface area contributed by atoms with Gasteiger partial charge < -0.3 is 9.47 Å². The predicted octanol–water partition coefficient (Wildman–Crippen LogP) is 6.28. The van der Waals surface area contributed by atoms with E-state index < -0.39 is 5.97 Å². The molecule has 0 aliphatic carbocycles. The van der Waals surface area contributed by atoms with E-state index in [9.17, 15) is 9.18 Å². The summed E-state index contributed by atoms with van der Waals surface area (Å²) in [4.78, 5) is 12.3. The third-order valence-corrected chi connectivity index (χ3v) is 4.35. The zero-order valence-corrected chi connectivity index (χ0v) is 15.9. The van der Waals surface area contributed by atoms with Crippen LogP contribution in [-0.4, -0.2) is 12.6 Å². The Morgan fingerprint density at radius 3 is 1.96 bits per heavy atom.